The zero-order valence-electron chi connectivity index (χ0n) is 11.7. The lowest BCUT2D eigenvalue weighted by Crippen LogP contribution is -2.25. The van der Waals surface area contributed by atoms with Gasteiger partial charge in [0.25, 0.3) is 0 Å². The van der Waals surface area contributed by atoms with E-state index in [-0.39, 0.29) is 0 Å². The summed E-state index contributed by atoms with van der Waals surface area (Å²) in [6.07, 6.45) is 0. The van der Waals surface area contributed by atoms with E-state index in [1.807, 2.05) is 30.5 Å². The molecule has 1 heterocycles. The first-order valence-electron chi connectivity index (χ1n) is 6.28. The Hall–Kier alpha value is -1.72. The Morgan fingerprint density at radius 3 is 2.70 bits per heavy atom. The van der Waals surface area contributed by atoms with Gasteiger partial charge in [0.2, 0.25) is 0 Å². The molecule has 104 valence electrons. The fourth-order valence-corrected chi connectivity index (χ4v) is 2.61. The first kappa shape index (κ1) is 14.7. The molecule has 0 aliphatic rings. The second-order valence-electron chi connectivity index (χ2n) is 4.56. The van der Waals surface area contributed by atoms with Crippen LogP contribution in [0, 0.1) is 13.8 Å². The number of anilines is 1. The molecule has 2 aromatic rings. The van der Waals surface area contributed by atoms with Gasteiger partial charge in [0.05, 0.1) is 5.71 Å². The number of thiocarbonyl (C=S) groups is 1. The Morgan fingerprint density at radius 2 is 2.05 bits per heavy atom. The highest BCUT2D eigenvalue weighted by atomic mass is 32.1. The number of nitrogens with one attached hydrogen (secondary N) is 2. The minimum Gasteiger partial charge on any atom is -0.331 e. The Balaban J connectivity index is 1.97. The van der Waals surface area contributed by atoms with Gasteiger partial charge in [0, 0.05) is 10.6 Å². The van der Waals surface area contributed by atoms with Crippen molar-refractivity contribution in [1.29, 1.82) is 0 Å². The van der Waals surface area contributed by atoms with Gasteiger partial charge in [0.15, 0.2) is 5.11 Å². The Labute approximate surface area is 128 Å². The smallest absolute Gasteiger partial charge is 0.191 e. The zero-order valence-corrected chi connectivity index (χ0v) is 13.4. The van der Waals surface area contributed by atoms with E-state index in [0.717, 1.165) is 21.8 Å². The molecule has 2 N–H and O–H groups in total. The van der Waals surface area contributed by atoms with Gasteiger partial charge in [-0.2, -0.15) is 5.10 Å². The normalized spacial score (nSPS) is 11.2. The molecule has 5 heteroatoms. The van der Waals surface area contributed by atoms with Gasteiger partial charge in [0.1, 0.15) is 0 Å². The van der Waals surface area contributed by atoms with E-state index in [4.69, 9.17) is 12.2 Å². The van der Waals surface area contributed by atoms with Crippen molar-refractivity contribution in [1.82, 2.24) is 5.43 Å². The van der Waals surface area contributed by atoms with Gasteiger partial charge in [-0.1, -0.05) is 23.8 Å². The average Bonchev–Trinajstić information content (AvgIpc) is 2.93. The van der Waals surface area contributed by atoms with Crippen LogP contribution in [0.3, 0.4) is 0 Å². The average molecular weight is 303 g/mol. The van der Waals surface area contributed by atoms with Gasteiger partial charge in [-0.05, 0) is 56.1 Å². The molecule has 0 atom stereocenters. The second kappa shape index (κ2) is 6.63. The van der Waals surface area contributed by atoms with Crippen LogP contribution in [0.1, 0.15) is 22.9 Å². The van der Waals surface area contributed by atoms with Crippen LogP contribution >= 0.6 is 23.6 Å². The number of rotatable bonds is 3. The number of aryl methyl sites for hydroxylation is 2. The lowest BCUT2D eigenvalue weighted by Gasteiger charge is -2.10. The molecule has 0 bridgehead atoms. The molecule has 0 amide bonds. The molecule has 0 radical (unpaired) electrons. The molecule has 1 aromatic heterocycles. The summed E-state index contributed by atoms with van der Waals surface area (Å²) in [6.45, 7) is 6.08. The van der Waals surface area contributed by atoms with Crippen molar-refractivity contribution in [2.75, 3.05) is 5.32 Å². The molecule has 0 aliphatic heterocycles. The standard InChI is InChI=1S/C15H17N3S2/c1-10-6-7-13(11(2)9-10)16-15(19)18-17-12(3)14-5-4-8-20-14/h4-9H,1-3H3,(H2,16,18,19)/b17-12+. The molecule has 3 nitrogen and oxygen atoms in total. The molecule has 0 saturated carbocycles. The maximum absolute atomic E-state index is 5.25. The molecule has 1 aromatic carbocycles. The fraction of sp³-hybridized carbons (Fsp3) is 0.200. The highest BCUT2D eigenvalue weighted by Gasteiger charge is 2.02. The quantitative estimate of drug-likeness (QED) is 0.510. The van der Waals surface area contributed by atoms with Crippen LogP contribution in [-0.2, 0) is 0 Å². The van der Waals surface area contributed by atoms with Gasteiger partial charge in [-0.15, -0.1) is 11.3 Å². The summed E-state index contributed by atoms with van der Waals surface area (Å²) in [5, 5.41) is 9.96. The molecule has 0 aliphatic carbocycles. The summed E-state index contributed by atoms with van der Waals surface area (Å²) in [4.78, 5) is 1.13. The van der Waals surface area contributed by atoms with E-state index >= 15 is 0 Å². The third-order valence-corrected chi connectivity index (χ3v) is 4.01. The van der Waals surface area contributed by atoms with Crippen molar-refractivity contribution in [3.05, 3.63) is 51.7 Å². The predicted octanol–water partition coefficient (Wildman–Crippen LogP) is 4.08. The van der Waals surface area contributed by atoms with E-state index in [1.165, 1.54) is 5.56 Å². The molecular formula is C15H17N3S2. The van der Waals surface area contributed by atoms with Gasteiger partial charge >= 0.3 is 0 Å². The van der Waals surface area contributed by atoms with Crippen LogP contribution in [0.5, 0.6) is 0 Å². The number of hydrogen-bond donors (Lipinski definition) is 2. The van der Waals surface area contributed by atoms with Crippen molar-refractivity contribution < 1.29 is 0 Å². The Kier molecular flexibility index (Phi) is 4.87. The maximum Gasteiger partial charge on any atom is 0.191 e. The molecule has 2 rings (SSSR count). The van der Waals surface area contributed by atoms with Crippen LogP contribution in [-0.4, -0.2) is 10.8 Å². The highest BCUT2D eigenvalue weighted by molar-refractivity contribution is 7.80. The minimum absolute atomic E-state index is 0.493. The van der Waals surface area contributed by atoms with Crippen molar-refractivity contribution in [2.24, 2.45) is 5.10 Å². The van der Waals surface area contributed by atoms with Crippen LogP contribution in [0.15, 0.2) is 40.8 Å². The van der Waals surface area contributed by atoms with Gasteiger partial charge in [-0.3, -0.25) is 5.43 Å². The number of nitrogens with zero attached hydrogens (tertiary/aromatic N) is 1. The third kappa shape index (κ3) is 3.88. The molecular weight excluding hydrogens is 286 g/mol. The van der Waals surface area contributed by atoms with E-state index in [1.54, 1.807) is 11.3 Å². The van der Waals surface area contributed by atoms with Crippen molar-refractivity contribution in [2.45, 2.75) is 20.8 Å². The van der Waals surface area contributed by atoms with E-state index in [2.05, 4.69) is 41.8 Å². The van der Waals surface area contributed by atoms with E-state index < -0.39 is 0 Å². The predicted molar refractivity (Wildman–Crippen MR) is 91.8 cm³/mol. The first-order chi connectivity index (χ1) is 9.56. The summed E-state index contributed by atoms with van der Waals surface area (Å²) < 4.78 is 0. The van der Waals surface area contributed by atoms with Crippen LogP contribution < -0.4 is 10.7 Å². The topological polar surface area (TPSA) is 36.4 Å². The van der Waals surface area contributed by atoms with Crippen LogP contribution in [0.4, 0.5) is 5.69 Å². The van der Waals surface area contributed by atoms with E-state index in [0.29, 0.717) is 5.11 Å². The summed E-state index contributed by atoms with van der Waals surface area (Å²) in [7, 11) is 0. The molecule has 0 spiro atoms. The lowest BCUT2D eigenvalue weighted by molar-refractivity contribution is 1.04. The Morgan fingerprint density at radius 1 is 1.25 bits per heavy atom. The van der Waals surface area contributed by atoms with Gasteiger partial charge < -0.3 is 5.32 Å². The lowest BCUT2D eigenvalue weighted by atomic mass is 10.1. The van der Waals surface area contributed by atoms with Crippen LogP contribution in [0.2, 0.25) is 0 Å². The number of hydrazone groups is 1. The Bertz CT molecular complexity index is 631. The summed E-state index contributed by atoms with van der Waals surface area (Å²) in [5.41, 5.74) is 7.19. The first-order valence-corrected chi connectivity index (χ1v) is 7.57. The molecule has 20 heavy (non-hydrogen) atoms. The summed E-state index contributed by atoms with van der Waals surface area (Å²) >= 11 is 6.91. The number of benzene rings is 1. The largest absolute Gasteiger partial charge is 0.331 e. The van der Waals surface area contributed by atoms with Crippen molar-refractivity contribution >= 4 is 40.1 Å². The summed E-state index contributed by atoms with van der Waals surface area (Å²) in [5.74, 6) is 0. The molecule has 0 saturated heterocycles. The van der Waals surface area contributed by atoms with Crippen molar-refractivity contribution in [3.8, 4) is 0 Å². The SMILES string of the molecule is C/C(=N\NC(=S)Nc1ccc(C)cc1C)c1cccs1. The highest BCUT2D eigenvalue weighted by Crippen LogP contribution is 2.15. The monoisotopic (exact) mass is 303 g/mol. The van der Waals surface area contributed by atoms with Crippen molar-refractivity contribution in [3.63, 3.8) is 0 Å². The third-order valence-electron chi connectivity index (χ3n) is 2.83. The van der Waals surface area contributed by atoms with Crippen LogP contribution in [0.25, 0.3) is 0 Å². The number of thiophene rings is 1. The minimum atomic E-state index is 0.493. The fourth-order valence-electron chi connectivity index (χ4n) is 1.78. The molecule has 0 unspecified atom stereocenters. The maximum atomic E-state index is 5.25. The number of hydrogen-bond acceptors (Lipinski definition) is 3. The summed E-state index contributed by atoms with van der Waals surface area (Å²) in [6, 6.07) is 10.2. The van der Waals surface area contributed by atoms with Gasteiger partial charge in [-0.25, -0.2) is 0 Å². The van der Waals surface area contributed by atoms with E-state index in [9.17, 15) is 0 Å². The molecule has 0 fully saturated rings. The zero-order chi connectivity index (χ0) is 14.5. The second-order valence-corrected chi connectivity index (χ2v) is 5.91.